The SMILES string of the molecule is CCc1ccc(NC(N)=NCc2nccn2C(F)F)cc1.I. The van der Waals surface area contributed by atoms with Crippen molar-refractivity contribution in [1.82, 2.24) is 9.55 Å². The van der Waals surface area contributed by atoms with Crippen LogP contribution in [0.5, 0.6) is 0 Å². The fraction of sp³-hybridized carbons (Fsp3) is 0.286. The summed E-state index contributed by atoms with van der Waals surface area (Å²) in [6.45, 7) is -0.569. The predicted octanol–water partition coefficient (Wildman–Crippen LogP) is 3.39. The molecule has 0 fully saturated rings. The Balaban J connectivity index is 0.00000242. The van der Waals surface area contributed by atoms with E-state index in [1.807, 2.05) is 24.3 Å². The van der Waals surface area contributed by atoms with Gasteiger partial charge in [-0.3, -0.25) is 4.57 Å². The second-order valence-electron chi connectivity index (χ2n) is 4.41. The molecule has 0 saturated heterocycles. The zero-order valence-corrected chi connectivity index (χ0v) is 14.4. The molecule has 0 spiro atoms. The lowest BCUT2D eigenvalue weighted by Crippen LogP contribution is -2.22. The van der Waals surface area contributed by atoms with Gasteiger partial charge in [0.05, 0.1) is 0 Å². The number of hydrogen-bond acceptors (Lipinski definition) is 2. The van der Waals surface area contributed by atoms with Gasteiger partial charge in [-0.15, -0.1) is 24.0 Å². The molecule has 1 aromatic carbocycles. The van der Waals surface area contributed by atoms with E-state index < -0.39 is 6.55 Å². The molecule has 3 N–H and O–H groups in total. The first-order chi connectivity index (χ1) is 10.1. The van der Waals surface area contributed by atoms with E-state index in [-0.39, 0.29) is 42.3 Å². The van der Waals surface area contributed by atoms with Gasteiger partial charge in [-0.25, -0.2) is 9.98 Å². The molecule has 1 aromatic heterocycles. The average molecular weight is 421 g/mol. The number of rotatable bonds is 5. The number of aryl methyl sites for hydroxylation is 1. The van der Waals surface area contributed by atoms with Crippen molar-refractivity contribution < 1.29 is 8.78 Å². The van der Waals surface area contributed by atoms with Gasteiger partial charge in [-0.1, -0.05) is 19.1 Å². The summed E-state index contributed by atoms with van der Waals surface area (Å²) in [5.41, 5.74) is 7.75. The van der Waals surface area contributed by atoms with Crippen LogP contribution in [0.2, 0.25) is 0 Å². The van der Waals surface area contributed by atoms with Gasteiger partial charge in [0.1, 0.15) is 12.4 Å². The Hall–Kier alpha value is -1.71. The van der Waals surface area contributed by atoms with Gasteiger partial charge in [0.25, 0.3) is 0 Å². The molecule has 0 aliphatic heterocycles. The van der Waals surface area contributed by atoms with Crippen LogP contribution in [0.25, 0.3) is 0 Å². The maximum atomic E-state index is 12.6. The molecular weight excluding hydrogens is 403 g/mol. The van der Waals surface area contributed by atoms with Gasteiger partial charge in [-0.2, -0.15) is 8.78 Å². The van der Waals surface area contributed by atoms with E-state index in [0.29, 0.717) is 0 Å². The van der Waals surface area contributed by atoms with Crippen LogP contribution in [-0.4, -0.2) is 15.5 Å². The number of nitrogens with one attached hydrogen (secondary N) is 1. The largest absolute Gasteiger partial charge is 0.370 e. The fourth-order valence-corrected chi connectivity index (χ4v) is 1.81. The van der Waals surface area contributed by atoms with Crippen molar-refractivity contribution >= 4 is 35.6 Å². The number of nitrogens with zero attached hydrogens (tertiary/aromatic N) is 3. The summed E-state index contributed by atoms with van der Waals surface area (Å²) in [4.78, 5) is 7.85. The molecule has 1 heterocycles. The molecule has 5 nitrogen and oxygen atoms in total. The molecule has 8 heteroatoms. The van der Waals surface area contributed by atoms with Crippen LogP contribution in [0.4, 0.5) is 14.5 Å². The van der Waals surface area contributed by atoms with Gasteiger partial charge >= 0.3 is 6.55 Å². The molecule has 120 valence electrons. The highest BCUT2D eigenvalue weighted by Gasteiger charge is 2.10. The Morgan fingerprint density at radius 3 is 2.64 bits per heavy atom. The van der Waals surface area contributed by atoms with E-state index in [1.54, 1.807) is 0 Å². The Kier molecular flexibility index (Phi) is 7.22. The van der Waals surface area contributed by atoms with Crippen LogP contribution in [-0.2, 0) is 13.0 Å². The third-order valence-corrected chi connectivity index (χ3v) is 2.98. The summed E-state index contributed by atoms with van der Waals surface area (Å²) in [7, 11) is 0. The van der Waals surface area contributed by atoms with Crippen molar-refractivity contribution in [1.29, 1.82) is 0 Å². The van der Waals surface area contributed by atoms with Crippen LogP contribution in [0, 0.1) is 0 Å². The van der Waals surface area contributed by atoms with Gasteiger partial charge < -0.3 is 11.1 Å². The third kappa shape index (κ3) is 4.93. The van der Waals surface area contributed by atoms with Crippen molar-refractivity contribution in [3.63, 3.8) is 0 Å². The number of imidazole rings is 1. The maximum Gasteiger partial charge on any atom is 0.319 e. The van der Waals surface area contributed by atoms with Gasteiger partial charge in [-0.05, 0) is 24.1 Å². The fourth-order valence-electron chi connectivity index (χ4n) is 1.81. The molecule has 0 atom stereocenters. The number of guanidine groups is 1. The Bertz CT molecular complexity index is 610. The van der Waals surface area contributed by atoms with Crippen molar-refractivity contribution in [2.24, 2.45) is 10.7 Å². The number of halogens is 3. The topological polar surface area (TPSA) is 68.2 Å². The lowest BCUT2D eigenvalue weighted by Gasteiger charge is -2.07. The highest BCUT2D eigenvalue weighted by molar-refractivity contribution is 14.0. The Labute approximate surface area is 144 Å². The molecule has 0 aliphatic rings. The first-order valence-corrected chi connectivity index (χ1v) is 6.56. The molecular formula is C14H18F2IN5. The minimum Gasteiger partial charge on any atom is -0.370 e. The first-order valence-electron chi connectivity index (χ1n) is 6.56. The summed E-state index contributed by atoms with van der Waals surface area (Å²) in [6.07, 6.45) is 3.48. The molecule has 0 saturated carbocycles. The molecule has 0 aliphatic carbocycles. The zero-order valence-electron chi connectivity index (χ0n) is 12.0. The molecule has 0 bridgehead atoms. The van der Waals surface area contributed by atoms with Crippen LogP contribution in [0.15, 0.2) is 41.7 Å². The third-order valence-electron chi connectivity index (χ3n) is 2.98. The summed E-state index contributed by atoms with van der Waals surface area (Å²) in [5, 5.41) is 2.91. The van der Waals surface area contributed by atoms with E-state index in [1.165, 1.54) is 18.0 Å². The van der Waals surface area contributed by atoms with Crippen LogP contribution in [0.3, 0.4) is 0 Å². The number of hydrogen-bond donors (Lipinski definition) is 2. The number of aliphatic imine (C=N–C) groups is 1. The summed E-state index contributed by atoms with van der Waals surface area (Å²) >= 11 is 0. The molecule has 0 radical (unpaired) electrons. The molecule has 2 rings (SSSR count). The summed E-state index contributed by atoms with van der Waals surface area (Å²) < 4.78 is 26.0. The van der Waals surface area contributed by atoms with Gasteiger partial charge in [0, 0.05) is 18.1 Å². The van der Waals surface area contributed by atoms with Crippen molar-refractivity contribution in [3.8, 4) is 0 Å². The van der Waals surface area contributed by atoms with E-state index in [4.69, 9.17) is 5.73 Å². The lowest BCUT2D eigenvalue weighted by atomic mass is 10.1. The first kappa shape index (κ1) is 18.3. The number of aromatic nitrogens is 2. The van der Waals surface area contributed by atoms with E-state index in [0.717, 1.165) is 16.7 Å². The normalized spacial score (nSPS) is 11.4. The van der Waals surface area contributed by atoms with E-state index in [2.05, 4.69) is 22.2 Å². The highest BCUT2D eigenvalue weighted by atomic mass is 127. The number of nitrogens with two attached hydrogens (primary N) is 1. The van der Waals surface area contributed by atoms with E-state index >= 15 is 0 Å². The molecule has 2 aromatic rings. The summed E-state index contributed by atoms with van der Waals surface area (Å²) in [6, 6.07) is 7.75. The second kappa shape index (κ2) is 8.66. The average Bonchev–Trinajstić information content (AvgIpc) is 2.94. The van der Waals surface area contributed by atoms with Crippen LogP contribution in [0.1, 0.15) is 24.9 Å². The van der Waals surface area contributed by atoms with E-state index in [9.17, 15) is 8.78 Å². The van der Waals surface area contributed by atoms with Crippen LogP contribution >= 0.6 is 24.0 Å². The molecule has 0 amide bonds. The Morgan fingerprint density at radius 1 is 1.36 bits per heavy atom. The maximum absolute atomic E-state index is 12.6. The highest BCUT2D eigenvalue weighted by Crippen LogP contribution is 2.13. The minimum absolute atomic E-state index is 0. The smallest absolute Gasteiger partial charge is 0.319 e. The summed E-state index contributed by atoms with van der Waals surface area (Å²) in [5.74, 6) is 0.319. The quantitative estimate of drug-likeness (QED) is 0.442. The standard InChI is InChI=1S/C14H17F2N5.HI/c1-2-10-3-5-11(6-4-10)20-14(17)19-9-12-18-7-8-21(12)13(15)16;/h3-8,13H,2,9H2,1H3,(H3,17,19,20);1H. The van der Waals surface area contributed by atoms with Crippen molar-refractivity contribution in [3.05, 3.63) is 48.0 Å². The van der Waals surface area contributed by atoms with Crippen molar-refractivity contribution in [2.75, 3.05) is 5.32 Å². The lowest BCUT2D eigenvalue weighted by molar-refractivity contribution is 0.0671. The predicted molar refractivity (Wildman–Crippen MR) is 93.7 cm³/mol. The second-order valence-corrected chi connectivity index (χ2v) is 4.41. The Morgan fingerprint density at radius 2 is 2.05 bits per heavy atom. The van der Waals surface area contributed by atoms with Crippen molar-refractivity contribution in [2.45, 2.75) is 26.4 Å². The number of anilines is 1. The number of alkyl halides is 2. The zero-order chi connectivity index (χ0) is 15.2. The van der Waals surface area contributed by atoms with Gasteiger partial charge in [0.2, 0.25) is 0 Å². The van der Waals surface area contributed by atoms with Gasteiger partial charge in [0.15, 0.2) is 5.96 Å². The number of benzene rings is 1. The molecule has 0 unspecified atom stereocenters. The monoisotopic (exact) mass is 421 g/mol. The molecule has 22 heavy (non-hydrogen) atoms. The minimum atomic E-state index is -2.63. The van der Waals surface area contributed by atoms with Crippen LogP contribution < -0.4 is 11.1 Å².